The Morgan fingerprint density at radius 3 is 2.52 bits per heavy atom. The highest BCUT2D eigenvalue weighted by Gasteiger charge is 2.46. The molecule has 0 aromatic carbocycles. The second-order valence-electron chi connectivity index (χ2n) is 7.83. The summed E-state index contributed by atoms with van der Waals surface area (Å²) in [5.74, 6) is 0.931. The van der Waals surface area contributed by atoms with Crippen LogP contribution in [0.15, 0.2) is 18.3 Å². The number of anilines is 1. The van der Waals surface area contributed by atoms with Gasteiger partial charge in [-0.15, -0.1) is 0 Å². The van der Waals surface area contributed by atoms with E-state index < -0.39 is 9.84 Å². The number of likely N-dealkylation sites (tertiary alicyclic amines) is 1. The molecule has 1 aliphatic carbocycles. The number of aryl methyl sites for hydroxylation is 1. The molecule has 0 atom stereocenters. The first-order valence-corrected chi connectivity index (χ1v) is 10.9. The zero-order chi connectivity index (χ0) is 18.1. The number of amides is 1. The molecule has 3 rings (SSSR count). The van der Waals surface area contributed by atoms with Gasteiger partial charge in [-0.05, 0) is 62.7 Å². The maximum absolute atomic E-state index is 12.4. The quantitative estimate of drug-likeness (QED) is 0.832. The fourth-order valence-electron chi connectivity index (χ4n) is 3.68. The number of pyridine rings is 1. The number of nitrogens with zero attached hydrogens (tertiary/aromatic N) is 2. The minimum Gasteiger partial charge on any atom is -0.310 e. The van der Waals surface area contributed by atoms with Crippen molar-refractivity contribution < 1.29 is 13.2 Å². The number of rotatable bonds is 6. The van der Waals surface area contributed by atoms with Crippen LogP contribution >= 0.6 is 0 Å². The fraction of sp³-hybridized carbons (Fsp3) is 0.667. The molecule has 1 N–H and O–H groups in total. The van der Waals surface area contributed by atoms with E-state index in [0.717, 1.165) is 50.9 Å². The van der Waals surface area contributed by atoms with E-state index in [2.05, 4.69) is 15.2 Å². The molecule has 0 bridgehead atoms. The molecule has 1 amide bonds. The van der Waals surface area contributed by atoms with Crippen LogP contribution in [0.4, 0.5) is 5.82 Å². The van der Waals surface area contributed by atoms with E-state index in [1.165, 1.54) is 6.26 Å². The van der Waals surface area contributed by atoms with Gasteiger partial charge in [-0.3, -0.25) is 4.79 Å². The third-order valence-electron chi connectivity index (χ3n) is 5.21. The summed E-state index contributed by atoms with van der Waals surface area (Å²) in [7, 11) is -2.93. The maximum atomic E-state index is 12.4. The van der Waals surface area contributed by atoms with Gasteiger partial charge in [-0.25, -0.2) is 13.4 Å². The predicted octanol–water partition coefficient (Wildman–Crippen LogP) is 1.87. The molecule has 1 aromatic heterocycles. The molecule has 2 fully saturated rings. The van der Waals surface area contributed by atoms with Gasteiger partial charge in [-0.2, -0.15) is 0 Å². The summed E-state index contributed by atoms with van der Waals surface area (Å²) >= 11 is 0. The second kappa shape index (κ2) is 7.03. The molecule has 1 saturated heterocycles. The lowest BCUT2D eigenvalue weighted by Crippen LogP contribution is -2.42. The summed E-state index contributed by atoms with van der Waals surface area (Å²) in [4.78, 5) is 18.9. The van der Waals surface area contributed by atoms with Crippen LogP contribution in [0.3, 0.4) is 0 Å². The summed E-state index contributed by atoms with van der Waals surface area (Å²) in [6.45, 7) is 4.51. The van der Waals surface area contributed by atoms with Gasteiger partial charge in [-0.1, -0.05) is 6.07 Å². The molecule has 0 radical (unpaired) electrons. The Morgan fingerprint density at radius 1 is 1.32 bits per heavy atom. The van der Waals surface area contributed by atoms with Crippen molar-refractivity contribution in [2.45, 2.75) is 32.6 Å². The topological polar surface area (TPSA) is 79.4 Å². The van der Waals surface area contributed by atoms with E-state index in [1.54, 1.807) is 6.20 Å². The molecule has 1 saturated carbocycles. The molecule has 0 unspecified atom stereocenters. The standard InChI is InChI=1S/C18H27N3O3S/c1-14-3-4-16(19-11-14)20-17(22)15-5-9-21(10-6-15)12-18(7-8-18)13-25(2,23)24/h3-4,11,15H,5-10,12-13H2,1-2H3,(H,19,20,22). The normalized spacial score (nSPS) is 21.0. The summed E-state index contributed by atoms with van der Waals surface area (Å²) in [6.07, 6.45) is 6.69. The van der Waals surface area contributed by atoms with E-state index in [9.17, 15) is 13.2 Å². The van der Waals surface area contributed by atoms with Gasteiger partial charge in [0.05, 0.1) is 5.75 Å². The lowest BCUT2D eigenvalue weighted by Gasteiger charge is -2.33. The minimum absolute atomic E-state index is 0.00409. The van der Waals surface area contributed by atoms with Gasteiger partial charge in [0.1, 0.15) is 15.7 Å². The van der Waals surface area contributed by atoms with E-state index in [-0.39, 0.29) is 17.2 Å². The molecule has 0 spiro atoms. The van der Waals surface area contributed by atoms with Gasteiger partial charge < -0.3 is 10.2 Å². The molecule has 138 valence electrons. The highest BCUT2D eigenvalue weighted by Crippen LogP contribution is 2.47. The Bertz CT molecular complexity index is 718. The SMILES string of the molecule is Cc1ccc(NC(=O)C2CCN(CC3(CS(C)(=O)=O)CC3)CC2)nc1. The monoisotopic (exact) mass is 365 g/mol. The van der Waals surface area contributed by atoms with Gasteiger partial charge >= 0.3 is 0 Å². The number of nitrogens with one attached hydrogen (secondary N) is 1. The molecule has 2 heterocycles. The Morgan fingerprint density at radius 2 is 2.00 bits per heavy atom. The van der Waals surface area contributed by atoms with Crippen molar-refractivity contribution in [3.05, 3.63) is 23.9 Å². The zero-order valence-electron chi connectivity index (χ0n) is 15.0. The van der Waals surface area contributed by atoms with Crippen molar-refractivity contribution in [3.8, 4) is 0 Å². The Hall–Kier alpha value is -1.47. The van der Waals surface area contributed by atoms with Crippen LogP contribution in [-0.4, -0.2) is 55.9 Å². The molecule has 2 aliphatic rings. The highest BCUT2D eigenvalue weighted by atomic mass is 32.2. The summed E-state index contributed by atoms with van der Waals surface area (Å²) in [5.41, 5.74) is 1.03. The Balaban J connectivity index is 1.47. The number of carbonyl (C=O) groups excluding carboxylic acids is 1. The van der Waals surface area contributed by atoms with Gasteiger partial charge in [0.25, 0.3) is 0 Å². The largest absolute Gasteiger partial charge is 0.310 e. The first-order chi connectivity index (χ1) is 11.7. The zero-order valence-corrected chi connectivity index (χ0v) is 15.8. The molecule has 1 aliphatic heterocycles. The van der Waals surface area contributed by atoms with Gasteiger partial charge in [0, 0.05) is 24.9 Å². The molecular weight excluding hydrogens is 338 g/mol. The Labute approximate surface area is 149 Å². The predicted molar refractivity (Wildman–Crippen MR) is 98.1 cm³/mol. The molecular formula is C18H27N3O3S. The van der Waals surface area contributed by atoms with Crippen LogP contribution in [0, 0.1) is 18.3 Å². The lowest BCUT2D eigenvalue weighted by atomic mass is 9.95. The molecule has 1 aromatic rings. The van der Waals surface area contributed by atoms with Crippen molar-refractivity contribution in [3.63, 3.8) is 0 Å². The first-order valence-electron chi connectivity index (χ1n) is 8.88. The fourth-order valence-corrected chi connectivity index (χ4v) is 5.17. The molecule has 7 heteroatoms. The number of hydrogen-bond donors (Lipinski definition) is 1. The number of carbonyl (C=O) groups is 1. The third-order valence-corrected chi connectivity index (χ3v) is 6.34. The van der Waals surface area contributed by atoms with E-state index >= 15 is 0 Å². The van der Waals surface area contributed by atoms with Crippen molar-refractivity contribution in [2.24, 2.45) is 11.3 Å². The maximum Gasteiger partial charge on any atom is 0.228 e. The van der Waals surface area contributed by atoms with Gasteiger partial charge in [0.15, 0.2) is 0 Å². The van der Waals surface area contributed by atoms with Crippen molar-refractivity contribution in [1.29, 1.82) is 0 Å². The lowest BCUT2D eigenvalue weighted by molar-refractivity contribution is -0.121. The third kappa shape index (κ3) is 5.25. The molecule has 6 nitrogen and oxygen atoms in total. The van der Waals surface area contributed by atoms with Crippen LogP contribution in [0.25, 0.3) is 0 Å². The first kappa shape index (κ1) is 18.3. The second-order valence-corrected chi connectivity index (χ2v) is 9.97. The number of sulfone groups is 1. The summed E-state index contributed by atoms with van der Waals surface area (Å²) < 4.78 is 23.2. The van der Waals surface area contributed by atoms with Gasteiger partial charge in [0.2, 0.25) is 5.91 Å². The number of hydrogen-bond acceptors (Lipinski definition) is 5. The van der Waals surface area contributed by atoms with Crippen LogP contribution in [0.2, 0.25) is 0 Å². The van der Waals surface area contributed by atoms with Crippen LogP contribution < -0.4 is 5.32 Å². The Kier molecular flexibility index (Phi) is 5.16. The average molecular weight is 365 g/mol. The van der Waals surface area contributed by atoms with Crippen molar-refractivity contribution >= 4 is 21.6 Å². The van der Waals surface area contributed by atoms with E-state index in [0.29, 0.717) is 11.6 Å². The smallest absolute Gasteiger partial charge is 0.228 e. The summed E-state index contributed by atoms with van der Waals surface area (Å²) in [6, 6.07) is 3.76. The molecule has 25 heavy (non-hydrogen) atoms. The van der Waals surface area contributed by atoms with Crippen molar-refractivity contribution in [2.75, 3.05) is 37.0 Å². The van der Waals surface area contributed by atoms with E-state index in [4.69, 9.17) is 0 Å². The number of aromatic nitrogens is 1. The number of piperidine rings is 1. The van der Waals surface area contributed by atoms with Crippen LogP contribution in [0.1, 0.15) is 31.2 Å². The van der Waals surface area contributed by atoms with Crippen molar-refractivity contribution in [1.82, 2.24) is 9.88 Å². The van der Waals surface area contributed by atoms with Crippen LogP contribution in [-0.2, 0) is 14.6 Å². The minimum atomic E-state index is -2.93. The highest BCUT2D eigenvalue weighted by molar-refractivity contribution is 7.90. The average Bonchev–Trinajstić information content (AvgIpc) is 3.27. The van der Waals surface area contributed by atoms with Crippen LogP contribution in [0.5, 0.6) is 0 Å². The van der Waals surface area contributed by atoms with E-state index in [1.807, 2.05) is 19.1 Å². The summed E-state index contributed by atoms with van der Waals surface area (Å²) in [5, 5.41) is 2.90.